The van der Waals surface area contributed by atoms with E-state index >= 15 is 0 Å². The molecule has 194 valence electrons. The van der Waals surface area contributed by atoms with Crippen molar-refractivity contribution in [1.29, 1.82) is 0 Å². The number of piperazine rings is 1. The molecular formula is C26H34N4O4S2. The third-order valence-electron chi connectivity index (χ3n) is 6.49. The van der Waals surface area contributed by atoms with E-state index in [1.54, 1.807) is 17.4 Å². The second kappa shape index (κ2) is 11.7. The summed E-state index contributed by atoms with van der Waals surface area (Å²) in [5.74, 6) is -0.0935. The van der Waals surface area contributed by atoms with Gasteiger partial charge in [-0.2, -0.15) is 4.31 Å². The van der Waals surface area contributed by atoms with Gasteiger partial charge >= 0.3 is 5.97 Å². The Kier molecular flexibility index (Phi) is 8.61. The van der Waals surface area contributed by atoms with E-state index in [0.29, 0.717) is 24.4 Å². The Morgan fingerprint density at radius 1 is 1.06 bits per heavy atom. The van der Waals surface area contributed by atoms with E-state index in [9.17, 15) is 13.2 Å². The number of esters is 1. The fourth-order valence-corrected chi connectivity index (χ4v) is 6.74. The molecule has 0 saturated carbocycles. The number of likely N-dealkylation sites (N-methyl/N-ethyl adjacent to an activating group) is 1. The predicted molar refractivity (Wildman–Crippen MR) is 145 cm³/mol. The molecule has 0 amide bonds. The van der Waals surface area contributed by atoms with Gasteiger partial charge in [-0.15, -0.1) is 0 Å². The summed E-state index contributed by atoms with van der Waals surface area (Å²) in [4.78, 5) is 22.4. The third kappa shape index (κ3) is 5.88. The number of hydrogen-bond donors (Lipinski definition) is 0. The summed E-state index contributed by atoms with van der Waals surface area (Å²) in [5, 5.41) is 0.987. The van der Waals surface area contributed by atoms with Crippen LogP contribution >= 0.6 is 11.3 Å². The lowest BCUT2D eigenvalue weighted by molar-refractivity contribution is 0.0735. The molecule has 0 atom stereocenters. The van der Waals surface area contributed by atoms with Gasteiger partial charge in [0.05, 0.1) is 20.7 Å². The number of unbranched alkanes of at least 4 members (excludes halogenated alkanes) is 1. The molecule has 1 fully saturated rings. The van der Waals surface area contributed by atoms with E-state index in [1.165, 1.54) is 28.6 Å². The van der Waals surface area contributed by atoms with Crippen LogP contribution in [0.4, 0.5) is 5.13 Å². The fourth-order valence-electron chi connectivity index (χ4n) is 4.21. The number of sulfonamides is 1. The lowest BCUT2D eigenvalue weighted by Gasteiger charge is -2.33. The van der Waals surface area contributed by atoms with Crippen molar-refractivity contribution >= 4 is 42.7 Å². The van der Waals surface area contributed by atoms with Crippen molar-refractivity contribution in [2.45, 2.75) is 38.5 Å². The number of carbonyl (C=O) groups is 1. The second-order valence-electron chi connectivity index (χ2n) is 8.81. The number of benzene rings is 2. The van der Waals surface area contributed by atoms with Gasteiger partial charge in [-0.05, 0) is 49.4 Å². The number of rotatable bonds is 10. The highest BCUT2D eigenvalue weighted by Gasteiger charge is 2.23. The molecule has 0 aliphatic carbocycles. The number of fused-ring (bicyclic) bond motifs is 1. The van der Waals surface area contributed by atoms with E-state index in [4.69, 9.17) is 9.72 Å². The van der Waals surface area contributed by atoms with Gasteiger partial charge in [0.1, 0.15) is 5.75 Å². The van der Waals surface area contributed by atoms with Crippen LogP contribution in [0, 0.1) is 0 Å². The first kappa shape index (κ1) is 26.5. The third-order valence-corrected chi connectivity index (χ3v) is 9.56. The van der Waals surface area contributed by atoms with Crippen molar-refractivity contribution in [1.82, 2.24) is 14.2 Å². The Labute approximate surface area is 217 Å². The Morgan fingerprint density at radius 3 is 2.42 bits per heavy atom. The van der Waals surface area contributed by atoms with E-state index < -0.39 is 16.0 Å². The summed E-state index contributed by atoms with van der Waals surface area (Å²) in [6.07, 6.45) is 1.72. The maximum atomic E-state index is 12.9. The van der Waals surface area contributed by atoms with E-state index in [2.05, 4.69) is 16.7 Å². The predicted octanol–water partition coefficient (Wildman–Crippen LogP) is 4.47. The monoisotopic (exact) mass is 530 g/mol. The quantitative estimate of drug-likeness (QED) is 0.283. The zero-order valence-corrected chi connectivity index (χ0v) is 22.8. The summed E-state index contributed by atoms with van der Waals surface area (Å²) in [6.45, 7) is 12.0. The van der Waals surface area contributed by atoms with Gasteiger partial charge in [-0.25, -0.2) is 18.2 Å². The van der Waals surface area contributed by atoms with E-state index in [-0.39, 0.29) is 4.90 Å². The molecule has 0 radical (unpaired) electrons. The topological polar surface area (TPSA) is 83.0 Å². The lowest BCUT2D eigenvalue weighted by Crippen LogP contribution is -2.46. The molecule has 2 heterocycles. The molecule has 1 aliphatic rings. The van der Waals surface area contributed by atoms with Crippen molar-refractivity contribution < 1.29 is 17.9 Å². The summed E-state index contributed by atoms with van der Waals surface area (Å²) in [7, 11) is -3.59. The largest absolute Gasteiger partial charge is 0.423 e. The summed E-state index contributed by atoms with van der Waals surface area (Å²) >= 11 is 1.60. The normalized spacial score (nSPS) is 15.1. The first-order valence-corrected chi connectivity index (χ1v) is 14.8. The Hall–Kier alpha value is -2.53. The molecule has 0 bridgehead atoms. The van der Waals surface area contributed by atoms with Gasteiger partial charge in [0, 0.05) is 45.3 Å². The van der Waals surface area contributed by atoms with Gasteiger partial charge in [0.2, 0.25) is 10.0 Å². The molecule has 1 saturated heterocycles. The molecule has 4 rings (SSSR count). The van der Waals surface area contributed by atoms with Crippen LogP contribution in [0.15, 0.2) is 47.4 Å². The average Bonchev–Trinajstić information content (AvgIpc) is 3.32. The number of nitrogens with zero attached hydrogens (tertiary/aromatic N) is 4. The maximum Gasteiger partial charge on any atom is 0.343 e. The van der Waals surface area contributed by atoms with Crippen molar-refractivity contribution in [3.8, 4) is 5.75 Å². The highest BCUT2D eigenvalue weighted by molar-refractivity contribution is 7.89. The number of hydrogen-bond acceptors (Lipinski definition) is 8. The standard InChI is InChI=1S/C26H34N4O4S2/c1-4-7-14-30(6-3)36(32,33)22-11-8-20(9-12-22)25(31)34-21-10-13-23-24(19-21)35-26(27-23)29-17-15-28(5-2)16-18-29/h8-13,19H,4-7,14-18H2,1-3H3. The first-order valence-electron chi connectivity index (χ1n) is 12.6. The Balaban J connectivity index is 1.43. The highest BCUT2D eigenvalue weighted by Crippen LogP contribution is 2.32. The SMILES string of the molecule is CCCCN(CC)S(=O)(=O)c1ccc(C(=O)Oc2ccc3nc(N4CCN(CC)CC4)sc3c2)cc1. The van der Waals surface area contributed by atoms with Gasteiger partial charge in [0.25, 0.3) is 0 Å². The Bertz CT molecular complexity index is 1280. The van der Waals surface area contributed by atoms with Crippen LogP contribution in [-0.4, -0.2) is 74.4 Å². The minimum atomic E-state index is -3.59. The van der Waals surface area contributed by atoms with Crippen LogP contribution in [0.1, 0.15) is 44.0 Å². The molecule has 0 spiro atoms. The molecule has 36 heavy (non-hydrogen) atoms. The van der Waals surface area contributed by atoms with E-state index in [0.717, 1.165) is 60.9 Å². The van der Waals surface area contributed by atoms with Gasteiger partial charge in [0.15, 0.2) is 5.13 Å². The zero-order valence-electron chi connectivity index (χ0n) is 21.1. The number of thiazole rings is 1. The van der Waals surface area contributed by atoms with E-state index in [1.807, 2.05) is 26.0 Å². The minimum absolute atomic E-state index is 0.176. The van der Waals surface area contributed by atoms with Crippen LogP contribution in [0.3, 0.4) is 0 Å². The highest BCUT2D eigenvalue weighted by atomic mass is 32.2. The lowest BCUT2D eigenvalue weighted by atomic mass is 10.2. The molecule has 8 nitrogen and oxygen atoms in total. The van der Waals surface area contributed by atoms with Crippen LogP contribution in [0.25, 0.3) is 10.2 Å². The summed E-state index contributed by atoms with van der Waals surface area (Å²) in [5.41, 5.74) is 1.18. The molecule has 0 unspecified atom stereocenters. The van der Waals surface area contributed by atoms with Gasteiger partial charge in [-0.3, -0.25) is 0 Å². The van der Waals surface area contributed by atoms with Crippen LogP contribution in [0.2, 0.25) is 0 Å². The average molecular weight is 531 g/mol. The fraction of sp³-hybridized carbons (Fsp3) is 0.462. The Morgan fingerprint density at radius 2 is 1.78 bits per heavy atom. The van der Waals surface area contributed by atoms with Gasteiger partial charge in [-0.1, -0.05) is 38.5 Å². The molecule has 0 N–H and O–H groups in total. The van der Waals surface area contributed by atoms with Crippen molar-refractivity contribution in [2.75, 3.05) is 50.7 Å². The zero-order chi connectivity index (χ0) is 25.7. The van der Waals surface area contributed by atoms with Crippen LogP contribution < -0.4 is 9.64 Å². The van der Waals surface area contributed by atoms with Crippen LogP contribution in [0.5, 0.6) is 5.75 Å². The molecule has 10 heteroatoms. The molecule has 1 aliphatic heterocycles. The van der Waals surface area contributed by atoms with Crippen LogP contribution in [-0.2, 0) is 10.0 Å². The molecule has 3 aromatic rings. The molecule has 2 aromatic carbocycles. The second-order valence-corrected chi connectivity index (χ2v) is 11.8. The van der Waals surface area contributed by atoms with Gasteiger partial charge < -0.3 is 14.5 Å². The first-order chi connectivity index (χ1) is 17.3. The molecule has 1 aromatic heterocycles. The van der Waals surface area contributed by atoms with Crippen molar-refractivity contribution in [3.05, 3.63) is 48.0 Å². The minimum Gasteiger partial charge on any atom is -0.423 e. The molecular weight excluding hydrogens is 496 g/mol. The number of carbonyl (C=O) groups excluding carboxylic acids is 1. The maximum absolute atomic E-state index is 12.9. The summed E-state index contributed by atoms with van der Waals surface area (Å²) in [6, 6.07) is 11.4. The summed E-state index contributed by atoms with van der Waals surface area (Å²) < 4.78 is 33.8. The van der Waals surface area contributed by atoms with Crippen molar-refractivity contribution in [2.24, 2.45) is 0 Å². The smallest absolute Gasteiger partial charge is 0.343 e. The number of aromatic nitrogens is 1. The number of anilines is 1. The van der Waals surface area contributed by atoms with Crippen molar-refractivity contribution in [3.63, 3.8) is 0 Å². The number of ether oxygens (including phenoxy) is 1.